The van der Waals surface area contributed by atoms with Gasteiger partial charge in [0.15, 0.2) is 0 Å². The summed E-state index contributed by atoms with van der Waals surface area (Å²) in [6.45, 7) is 1.27. The Kier molecular flexibility index (Phi) is 4.51. The summed E-state index contributed by atoms with van der Waals surface area (Å²) < 4.78 is 38.2. The molecule has 0 atom stereocenters. The van der Waals surface area contributed by atoms with Crippen molar-refractivity contribution >= 4 is 17.5 Å². The van der Waals surface area contributed by atoms with Crippen molar-refractivity contribution in [2.45, 2.75) is 19.0 Å². The lowest BCUT2D eigenvalue weighted by Gasteiger charge is -2.16. The standard InChI is InChI=1S/C12H16F3N5O/c13-12(14,15)8-5-9(18-10(6-8)19-16)17-7-11(21)20-3-1-2-4-20/h5-6H,1-4,7,16H2,(H2,17,18,19). The minimum atomic E-state index is -4.51. The lowest BCUT2D eigenvalue weighted by atomic mass is 10.2. The topological polar surface area (TPSA) is 83.3 Å². The number of amides is 1. The molecule has 0 radical (unpaired) electrons. The smallest absolute Gasteiger partial charge is 0.361 e. The van der Waals surface area contributed by atoms with E-state index >= 15 is 0 Å². The van der Waals surface area contributed by atoms with Crippen LogP contribution in [0.5, 0.6) is 0 Å². The minimum absolute atomic E-state index is 0.0506. The van der Waals surface area contributed by atoms with Gasteiger partial charge in [0.25, 0.3) is 0 Å². The summed E-state index contributed by atoms with van der Waals surface area (Å²) in [5.41, 5.74) is 1.19. The van der Waals surface area contributed by atoms with Gasteiger partial charge in [-0.25, -0.2) is 10.8 Å². The molecular formula is C12H16F3N5O. The van der Waals surface area contributed by atoms with Gasteiger partial charge < -0.3 is 15.6 Å². The third-order valence-electron chi connectivity index (χ3n) is 3.18. The normalized spacial score (nSPS) is 15.1. The molecule has 0 unspecified atom stereocenters. The second-order valence-corrected chi connectivity index (χ2v) is 4.71. The Morgan fingerprint density at radius 2 is 1.90 bits per heavy atom. The van der Waals surface area contributed by atoms with Crippen LogP contribution in [0.25, 0.3) is 0 Å². The number of carbonyl (C=O) groups excluding carboxylic acids is 1. The van der Waals surface area contributed by atoms with E-state index in [9.17, 15) is 18.0 Å². The Bertz CT molecular complexity index is 514. The van der Waals surface area contributed by atoms with Crippen molar-refractivity contribution in [3.05, 3.63) is 17.7 Å². The van der Waals surface area contributed by atoms with E-state index in [2.05, 4.69) is 15.7 Å². The largest absolute Gasteiger partial charge is 0.416 e. The van der Waals surface area contributed by atoms with Crippen molar-refractivity contribution in [2.24, 2.45) is 5.84 Å². The Morgan fingerprint density at radius 1 is 1.29 bits per heavy atom. The molecule has 2 rings (SSSR count). The Labute approximate surface area is 119 Å². The fraction of sp³-hybridized carbons (Fsp3) is 0.500. The predicted octanol–water partition coefficient (Wildman–Crippen LogP) is 1.42. The number of hydrogen-bond donors (Lipinski definition) is 3. The van der Waals surface area contributed by atoms with E-state index in [1.54, 1.807) is 4.90 Å². The van der Waals surface area contributed by atoms with Crippen LogP contribution in [0.3, 0.4) is 0 Å². The van der Waals surface area contributed by atoms with Crippen LogP contribution in [0.15, 0.2) is 12.1 Å². The second kappa shape index (κ2) is 6.17. The maximum Gasteiger partial charge on any atom is 0.416 e. The number of nitrogens with zero attached hydrogens (tertiary/aromatic N) is 2. The average molecular weight is 303 g/mol. The molecule has 0 aliphatic carbocycles. The monoisotopic (exact) mass is 303 g/mol. The Hall–Kier alpha value is -2.03. The van der Waals surface area contributed by atoms with Crippen molar-refractivity contribution < 1.29 is 18.0 Å². The molecule has 1 saturated heterocycles. The van der Waals surface area contributed by atoms with E-state index in [0.717, 1.165) is 25.0 Å². The number of alkyl halides is 3. The first-order valence-corrected chi connectivity index (χ1v) is 6.47. The van der Waals surface area contributed by atoms with E-state index < -0.39 is 11.7 Å². The van der Waals surface area contributed by atoms with Gasteiger partial charge in [0.05, 0.1) is 12.1 Å². The summed E-state index contributed by atoms with van der Waals surface area (Å²) in [6, 6.07) is 1.64. The summed E-state index contributed by atoms with van der Waals surface area (Å²) in [7, 11) is 0. The number of pyridine rings is 1. The number of nitrogens with two attached hydrogens (primary N) is 1. The highest BCUT2D eigenvalue weighted by atomic mass is 19.4. The summed E-state index contributed by atoms with van der Waals surface area (Å²) in [5, 5.41) is 2.61. The highest BCUT2D eigenvalue weighted by Crippen LogP contribution is 2.31. The SMILES string of the molecule is NNc1cc(C(F)(F)F)cc(NCC(=O)N2CCCC2)n1. The maximum absolute atomic E-state index is 12.7. The molecule has 0 saturated carbocycles. The fourth-order valence-electron chi connectivity index (χ4n) is 2.10. The molecule has 1 aliphatic rings. The highest BCUT2D eigenvalue weighted by molar-refractivity contribution is 5.80. The zero-order valence-corrected chi connectivity index (χ0v) is 11.2. The first-order valence-electron chi connectivity index (χ1n) is 6.47. The lowest BCUT2D eigenvalue weighted by molar-refractivity contribution is -0.137. The van der Waals surface area contributed by atoms with Crippen molar-refractivity contribution in [1.82, 2.24) is 9.88 Å². The van der Waals surface area contributed by atoms with E-state index in [-0.39, 0.29) is 24.1 Å². The number of likely N-dealkylation sites (tertiary alicyclic amines) is 1. The number of nitrogen functional groups attached to an aromatic ring is 1. The molecule has 1 amide bonds. The van der Waals surface area contributed by atoms with Crippen molar-refractivity contribution in [2.75, 3.05) is 30.4 Å². The first-order chi connectivity index (χ1) is 9.90. The number of halogens is 3. The Morgan fingerprint density at radius 3 is 2.48 bits per heavy atom. The van der Waals surface area contributed by atoms with Crippen LogP contribution in [0, 0.1) is 0 Å². The van der Waals surface area contributed by atoms with Crippen molar-refractivity contribution in [1.29, 1.82) is 0 Å². The molecule has 0 bridgehead atoms. The van der Waals surface area contributed by atoms with Gasteiger partial charge in [-0.05, 0) is 25.0 Å². The molecule has 6 nitrogen and oxygen atoms in total. The summed E-state index contributed by atoms with van der Waals surface area (Å²) in [4.78, 5) is 17.3. The molecule has 21 heavy (non-hydrogen) atoms. The lowest BCUT2D eigenvalue weighted by Crippen LogP contribution is -2.33. The molecule has 116 valence electrons. The second-order valence-electron chi connectivity index (χ2n) is 4.71. The highest BCUT2D eigenvalue weighted by Gasteiger charge is 2.31. The molecule has 0 aromatic carbocycles. The number of hydrogen-bond acceptors (Lipinski definition) is 5. The molecule has 4 N–H and O–H groups in total. The number of anilines is 2. The molecule has 9 heteroatoms. The molecule has 1 aromatic rings. The van der Waals surface area contributed by atoms with Crippen LogP contribution in [0.4, 0.5) is 24.8 Å². The zero-order valence-electron chi connectivity index (χ0n) is 11.2. The van der Waals surface area contributed by atoms with Gasteiger partial charge >= 0.3 is 6.18 Å². The molecular weight excluding hydrogens is 287 g/mol. The number of hydrazine groups is 1. The van der Waals surface area contributed by atoms with Crippen LogP contribution in [0.1, 0.15) is 18.4 Å². The third kappa shape index (κ3) is 3.97. The molecule has 1 aromatic heterocycles. The predicted molar refractivity (Wildman–Crippen MR) is 71.4 cm³/mol. The van der Waals surface area contributed by atoms with Gasteiger partial charge in [0.1, 0.15) is 11.6 Å². The fourth-order valence-corrected chi connectivity index (χ4v) is 2.10. The van der Waals surface area contributed by atoms with Crippen molar-refractivity contribution in [3.63, 3.8) is 0 Å². The molecule has 1 fully saturated rings. The van der Waals surface area contributed by atoms with Gasteiger partial charge in [-0.3, -0.25) is 4.79 Å². The molecule has 0 spiro atoms. The van der Waals surface area contributed by atoms with Crippen LogP contribution in [0.2, 0.25) is 0 Å². The third-order valence-corrected chi connectivity index (χ3v) is 3.18. The molecule has 2 heterocycles. The minimum Gasteiger partial charge on any atom is -0.361 e. The van der Waals surface area contributed by atoms with Gasteiger partial charge in [-0.2, -0.15) is 13.2 Å². The maximum atomic E-state index is 12.7. The van der Waals surface area contributed by atoms with Crippen molar-refractivity contribution in [3.8, 4) is 0 Å². The van der Waals surface area contributed by atoms with Gasteiger partial charge in [-0.1, -0.05) is 0 Å². The number of nitrogens with one attached hydrogen (secondary N) is 2. The van der Waals surface area contributed by atoms with Crippen LogP contribution in [-0.2, 0) is 11.0 Å². The van der Waals surface area contributed by atoms with Crippen LogP contribution in [-0.4, -0.2) is 35.4 Å². The zero-order chi connectivity index (χ0) is 15.5. The number of rotatable bonds is 4. The van der Waals surface area contributed by atoms with Crippen LogP contribution >= 0.6 is 0 Å². The van der Waals surface area contributed by atoms with E-state index in [1.807, 2.05) is 0 Å². The first kappa shape index (κ1) is 15.4. The Balaban J connectivity index is 2.06. The molecule has 1 aliphatic heterocycles. The van der Waals surface area contributed by atoms with Crippen LogP contribution < -0.4 is 16.6 Å². The quantitative estimate of drug-likeness (QED) is 0.579. The van der Waals surface area contributed by atoms with E-state index in [4.69, 9.17) is 5.84 Å². The summed E-state index contributed by atoms with van der Waals surface area (Å²) in [6.07, 6.45) is -2.60. The van der Waals surface area contributed by atoms with Gasteiger partial charge in [0, 0.05) is 13.1 Å². The van der Waals surface area contributed by atoms with E-state index in [1.165, 1.54) is 0 Å². The van der Waals surface area contributed by atoms with Gasteiger partial charge in [0.2, 0.25) is 5.91 Å². The summed E-state index contributed by atoms with van der Waals surface area (Å²) in [5.74, 6) is 4.77. The average Bonchev–Trinajstić information content (AvgIpc) is 2.97. The van der Waals surface area contributed by atoms with Gasteiger partial charge in [-0.15, -0.1) is 0 Å². The number of aromatic nitrogens is 1. The summed E-state index contributed by atoms with van der Waals surface area (Å²) >= 11 is 0. The van der Waals surface area contributed by atoms with E-state index in [0.29, 0.717) is 13.1 Å². The number of carbonyl (C=O) groups is 1.